The van der Waals surface area contributed by atoms with Gasteiger partial charge in [0.2, 0.25) is 0 Å². The summed E-state index contributed by atoms with van der Waals surface area (Å²) in [7, 11) is 0. The number of benzene rings is 1. The van der Waals surface area contributed by atoms with Crippen LogP contribution in [-0.4, -0.2) is 29.3 Å². The first-order valence-corrected chi connectivity index (χ1v) is 7.66. The molecule has 1 aromatic carbocycles. The molecule has 1 atom stereocenters. The summed E-state index contributed by atoms with van der Waals surface area (Å²) in [6.07, 6.45) is 3.18. The Bertz CT molecular complexity index is 453. The Morgan fingerprint density at radius 2 is 2.22 bits per heavy atom. The number of alkyl halides is 1. The topological polar surface area (TPSA) is 20.3 Å². The van der Waals surface area contributed by atoms with Crippen molar-refractivity contribution in [1.29, 1.82) is 0 Å². The van der Waals surface area contributed by atoms with Gasteiger partial charge in [0.25, 0.3) is 5.91 Å². The average molecular weight is 351 g/mol. The molecule has 0 aromatic heterocycles. The second-order valence-electron chi connectivity index (χ2n) is 4.43. The molecule has 1 unspecified atom stereocenters. The van der Waals surface area contributed by atoms with E-state index in [1.54, 1.807) is 18.2 Å². The normalized spacial score (nSPS) is 19.9. The lowest BCUT2D eigenvalue weighted by molar-refractivity contribution is 0.0639. The Kier molecular flexibility index (Phi) is 4.93. The lowest BCUT2D eigenvalue weighted by Gasteiger charge is -2.34. The zero-order chi connectivity index (χ0) is 13.1. The Morgan fingerprint density at radius 1 is 1.44 bits per heavy atom. The molecule has 1 heterocycles. The fourth-order valence-electron chi connectivity index (χ4n) is 2.22. The summed E-state index contributed by atoms with van der Waals surface area (Å²) < 4.78 is 0.745. The third-order valence-electron chi connectivity index (χ3n) is 3.23. The fraction of sp³-hybridized carbons (Fsp3) is 0.462. The molecule has 0 radical (unpaired) electrons. The van der Waals surface area contributed by atoms with Gasteiger partial charge in [-0.3, -0.25) is 4.79 Å². The van der Waals surface area contributed by atoms with E-state index in [-0.39, 0.29) is 11.9 Å². The van der Waals surface area contributed by atoms with E-state index in [4.69, 9.17) is 23.2 Å². The SMILES string of the molecule is O=C(c1ccc(Cl)c(Br)c1)N1CCCCC1CCl. The van der Waals surface area contributed by atoms with Crippen molar-refractivity contribution < 1.29 is 4.79 Å². The number of carbonyl (C=O) groups is 1. The molecule has 0 saturated carbocycles. The van der Waals surface area contributed by atoms with Gasteiger partial charge in [0.15, 0.2) is 0 Å². The summed E-state index contributed by atoms with van der Waals surface area (Å²) in [6.45, 7) is 0.788. The van der Waals surface area contributed by atoms with E-state index < -0.39 is 0 Å². The van der Waals surface area contributed by atoms with E-state index in [0.29, 0.717) is 16.5 Å². The van der Waals surface area contributed by atoms with Crippen LogP contribution in [0.2, 0.25) is 5.02 Å². The van der Waals surface area contributed by atoms with E-state index in [1.165, 1.54) is 0 Å². The molecule has 0 bridgehead atoms. The van der Waals surface area contributed by atoms with Crippen molar-refractivity contribution in [1.82, 2.24) is 4.90 Å². The van der Waals surface area contributed by atoms with Crippen LogP contribution in [0.4, 0.5) is 0 Å². The first-order valence-electron chi connectivity index (χ1n) is 5.95. The summed E-state index contributed by atoms with van der Waals surface area (Å²) in [6, 6.07) is 5.42. The van der Waals surface area contributed by atoms with Gasteiger partial charge in [-0.2, -0.15) is 0 Å². The van der Waals surface area contributed by atoms with Crippen molar-refractivity contribution in [3.8, 4) is 0 Å². The number of hydrogen-bond donors (Lipinski definition) is 0. The van der Waals surface area contributed by atoms with Gasteiger partial charge >= 0.3 is 0 Å². The predicted octanol–water partition coefficient (Wildman–Crippen LogP) is 4.34. The molecule has 2 nitrogen and oxygen atoms in total. The first-order chi connectivity index (χ1) is 8.63. The quantitative estimate of drug-likeness (QED) is 0.726. The van der Waals surface area contributed by atoms with Gasteiger partial charge in [-0.05, 0) is 53.4 Å². The molecule has 1 fully saturated rings. The highest BCUT2D eigenvalue weighted by Gasteiger charge is 2.26. The number of halogens is 3. The first kappa shape index (κ1) is 14.2. The van der Waals surface area contributed by atoms with Gasteiger partial charge in [0.1, 0.15) is 0 Å². The second-order valence-corrected chi connectivity index (χ2v) is 6.00. The summed E-state index contributed by atoms with van der Waals surface area (Å²) in [5.41, 5.74) is 0.656. The number of rotatable bonds is 2. The third kappa shape index (κ3) is 3.01. The van der Waals surface area contributed by atoms with Crippen LogP contribution in [-0.2, 0) is 0 Å². The van der Waals surface area contributed by atoms with Crippen LogP contribution in [0.1, 0.15) is 29.6 Å². The second kappa shape index (κ2) is 6.27. The molecule has 1 amide bonds. The molecule has 0 N–H and O–H groups in total. The monoisotopic (exact) mass is 349 g/mol. The smallest absolute Gasteiger partial charge is 0.254 e. The minimum Gasteiger partial charge on any atom is -0.334 e. The molecule has 0 spiro atoms. The Hall–Kier alpha value is -0.250. The van der Waals surface area contributed by atoms with Crippen molar-refractivity contribution in [2.24, 2.45) is 0 Å². The van der Waals surface area contributed by atoms with Gasteiger partial charge in [-0.1, -0.05) is 11.6 Å². The van der Waals surface area contributed by atoms with E-state index in [0.717, 1.165) is 30.3 Å². The molecule has 1 saturated heterocycles. The minimum atomic E-state index is 0.0396. The Morgan fingerprint density at radius 3 is 2.89 bits per heavy atom. The molecule has 5 heteroatoms. The van der Waals surface area contributed by atoms with Crippen molar-refractivity contribution in [3.05, 3.63) is 33.3 Å². The van der Waals surface area contributed by atoms with Gasteiger partial charge in [-0.15, -0.1) is 11.6 Å². The fourth-order valence-corrected chi connectivity index (χ4v) is 3.04. The van der Waals surface area contributed by atoms with Crippen LogP contribution in [0.15, 0.2) is 22.7 Å². The van der Waals surface area contributed by atoms with Crippen molar-refractivity contribution in [3.63, 3.8) is 0 Å². The largest absolute Gasteiger partial charge is 0.334 e. The lowest BCUT2D eigenvalue weighted by Crippen LogP contribution is -2.44. The van der Waals surface area contributed by atoms with E-state index in [9.17, 15) is 4.79 Å². The number of hydrogen-bond acceptors (Lipinski definition) is 1. The number of nitrogens with zero attached hydrogens (tertiary/aromatic N) is 1. The Labute approximate surface area is 125 Å². The molecule has 1 aliphatic heterocycles. The highest BCUT2D eigenvalue weighted by atomic mass is 79.9. The molecule has 18 heavy (non-hydrogen) atoms. The number of piperidine rings is 1. The molecule has 1 aromatic rings. The third-order valence-corrected chi connectivity index (χ3v) is 4.80. The molecular weight excluding hydrogens is 337 g/mol. The summed E-state index contributed by atoms with van der Waals surface area (Å²) in [4.78, 5) is 14.3. The van der Waals surface area contributed by atoms with Crippen molar-refractivity contribution in [2.45, 2.75) is 25.3 Å². The maximum atomic E-state index is 12.4. The number of carbonyl (C=O) groups excluding carboxylic acids is 1. The summed E-state index contributed by atoms with van der Waals surface area (Å²) in [5.74, 6) is 0.540. The van der Waals surface area contributed by atoms with Crippen LogP contribution >= 0.6 is 39.1 Å². The van der Waals surface area contributed by atoms with Gasteiger partial charge in [0, 0.05) is 28.5 Å². The minimum absolute atomic E-state index is 0.0396. The highest BCUT2D eigenvalue weighted by Crippen LogP contribution is 2.26. The molecular formula is C13H14BrCl2NO. The van der Waals surface area contributed by atoms with Gasteiger partial charge in [-0.25, -0.2) is 0 Å². The van der Waals surface area contributed by atoms with Gasteiger partial charge in [0.05, 0.1) is 5.02 Å². The Balaban J connectivity index is 2.21. The summed E-state index contributed by atoms with van der Waals surface area (Å²) >= 11 is 15.2. The zero-order valence-electron chi connectivity index (χ0n) is 9.83. The zero-order valence-corrected chi connectivity index (χ0v) is 12.9. The van der Waals surface area contributed by atoms with E-state index in [1.807, 2.05) is 4.90 Å². The van der Waals surface area contributed by atoms with Crippen LogP contribution in [0.25, 0.3) is 0 Å². The highest BCUT2D eigenvalue weighted by molar-refractivity contribution is 9.10. The maximum Gasteiger partial charge on any atom is 0.254 e. The van der Waals surface area contributed by atoms with Crippen molar-refractivity contribution >= 4 is 45.0 Å². The maximum absolute atomic E-state index is 12.4. The van der Waals surface area contributed by atoms with E-state index in [2.05, 4.69) is 15.9 Å². The molecule has 0 aliphatic carbocycles. The van der Waals surface area contributed by atoms with Crippen LogP contribution < -0.4 is 0 Å². The standard InChI is InChI=1S/C13H14BrCl2NO/c14-11-7-9(4-5-12(11)16)13(18)17-6-2-1-3-10(17)8-15/h4-5,7,10H,1-3,6,8H2. The summed E-state index contributed by atoms with van der Waals surface area (Å²) in [5, 5.41) is 0.610. The molecule has 2 rings (SSSR count). The number of amides is 1. The number of likely N-dealkylation sites (tertiary alicyclic amines) is 1. The predicted molar refractivity (Wildman–Crippen MR) is 78.5 cm³/mol. The van der Waals surface area contributed by atoms with E-state index >= 15 is 0 Å². The molecule has 1 aliphatic rings. The van der Waals surface area contributed by atoms with Gasteiger partial charge < -0.3 is 4.90 Å². The van der Waals surface area contributed by atoms with Crippen molar-refractivity contribution in [2.75, 3.05) is 12.4 Å². The van der Waals surface area contributed by atoms with Crippen LogP contribution in [0.5, 0.6) is 0 Å². The van der Waals surface area contributed by atoms with Crippen LogP contribution in [0, 0.1) is 0 Å². The van der Waals surface area contributed by atoms with Crippen LogP contribution in [0.3, 0.4) is 0 Å². The average Bonchev–Trinajstić information content (AvgIpc) is 2.41. The lowest BCUT2D eigenvalue weighted by atomic mass is 10.0. The molecule has 98 valence electrons.